The van der Waals surface area contributed by atoms with Crippen molar-refractivity contribution in [2.45, 2.75) is 250 Å². The Balaban J connectivity index is 2.18. The van der Waals surface area contributed by atoms with Crippen LogP contribution in [0.15, 0.2) is 12.7 Å². The van der Waals surface area contributed by atoms with Crippen LogP contribution in [0.3, 0.4) is 0 Å². The number of carbonyl (C=O) groups is 10. The molecule has 4 aliphatic heterocycles. The summed E-state index contributed by atoms with van der Waals surface area (Å²) in [4.78, 5) is 131. The zero-order valence-electron chi connectivity index (χ0n) is 53.2. The number of carbonyl (C=O) groups excluding carboxylic acids is 10. The monoisotopic (exact) mass is 1300 g/mol. The maximum atomic E-state index is 14.1. The maximum Gasteiger partial charge on any atom is 0.366 e. The number of hydrogen-bond donors (Lipinski definition) is 1. The van der Waals surface area contributed by atoms with Gasteiger partial charge in [0.25, 0.3) is 5.79 Å². The molecule has 4 rings (SSSR count). The number of hydrogen-bond acceptors (Lipinski definition) is 30. The molecule has 0 bridgehead atoms. The lowest BCUT2D eigenvalue weighted by molar-refractivity contribution is -0.388. The van der Waals surface area contributed by atoms with Crippen molar-refractivity contribution < 1.29 is 142 Å². The Kier molecular flexibility index (Phi) is 27.6. The number of rotatable bonds is 26. The fraction of sp³-hybridized carbons (Fsp3) is 0.786. The van der Waals surface area contributed by atoms with Crippen molar-refractivity contribution in [3.63, 3.8) is 0 Å². The first-order chi connectivity index (χ1) is 41.0. The molecule has 0 amide bonds. The Bertz CT molecular complexity index is 2450. The molecule has 0 unspecified atom stereocenters. The third kappa shape index (κ3) is 18.8. The largest absolute Gasteiger partial charge is 0.465 e. The van der Waals surface area contributed by atoms with Gasteiger partial charge in [0.05, 0.1) is 32.5 Å². The average Bonchev–Trinajstić information content (AvgIpc) is 1.23. The topological polar surface area (TPSA) is 366 Å². The average molecular weight is 1300 g/mol. The summed E-state index contributed by atoms with van der Waals surface area (Å²) >= 11 is 0. The summed E-state index contributed by atoms with van der Waals surface area (Å²) < 4.78 is 117. The van der Waals surface area contributed by atoms with Crippen molar-refractivity contribution in [3.05, 3.63) is 12.7 Å². The molecule has 0 aliphatic carbocycles. The number of ether oxygens (including phenoxy) is 16. The van der Waals surface area contributed by atoms with E-state index in [0.717, 1.165) is 69.4 Å². The van der Waals surface area contributed by atoms with Gasteiger partial charge in [-0.05, 0) is 22.2 Å². The van der Waals surface area contributed by atoms with Crippen LogP contribution in [0, 0.1) is 0 Å². The van der Waals surface area contributed by atoms with E-state index in [1.54, 1.807) is 0 Å². The van der Waals surface area contributed by atoms with Crippen LogP contribution >= 0.6 is 0 Å². The Hall–Kier alpha value is -5.53. The highest BCUT2D eigenvalue weighted by atomic mass is 28.5. The lowest BCUT2D eigenvalue weighted by atomic mass is 9.91. The molecule has 32 heteroatoms. The molecule has 0 aromatic heterocycles. The first-order valence-electron chi connectivity index (χ1n) is 28.8. The molecule has 500 valence electrons. The van der Waals surface area contributed by atoms with Crippen molar-refractivity contribution in [1.82, 2.24) is 0 Å². The van der Waals surface area contributed by atoms with Crippen LogP contribution < -0.4 is 0 Å². The van der Waals surface area contributed by atoms with Gasteiger partial charge in [0, 0.05) is 68.7 Å². The van der Waals surface area contributed by atoms with Gasteiger partial charge in [0.1, 0.15) is 43.7 Å². The van der Waals surface area contributed by atoms with E-state index in [9.17, 15) is 53.1 Å². The Labute approximate surface area is 513 Å². The normalized spacial score (nSPS) is 30.9. The zero-order valence-corrected chi connectivity index (χ0v) is 55.2. The predicted molar refractivity (Wildman–Crippen MR) is 299 cm³/mol. The second-order valence-electron chi connectivity index (χ2n) is 22.7. The summed E-state index contributed by atoms with van der Waals surface area (Å²) in [5.41, 5.74) is -0.945. The second kappa shape index (κ2) is 32.5. The quantitative estimate of drug-likeness (QED) is 0.0563. The molecule has 4 saturated heterocycles. The Morgan fingerprint density at radius 1 is 0.545 bits per heavy atom. The van der Waals surface area contributed by atoms with Crippen LogP contribution in [0.4, 0.5) is 0 Å². The number of aliphatic hydroxyl groups is 1. The highest BCUT2D eigenvalue weighted by molar-refractivity contribution is 6.84. The maximum absolute atomic E-state index is 14.1. The van der Waals surface area contributed by atoms with Crippen LogP contribution in [0.1, 0.15) is 124 Å². The molecule has 17 atom stereocenters. The Morgan fingerprint density at radius 3 is 1.33 bits per heavy atom. The number of aliphatic hydroxyl groups excluding tert-OH is 1. The van der Waals surface area contributed by atoms with Crippen LogP contribution in [-0.2, 0) is 137 Å². The van der Waals surface area contributed by atoms with Gasteiger partial charge in [-0.3, -0.25) is 43.2 Å². The first kappa shape index (κ1) is 74.9. The summed E-state index contributed by atoms with van der Waals surface area (Å²) in [6.45, 7) is 25.7. The summed E-state index contributed by atoms with van der Waals surface area (Å²) in [5, 5.41) is 12.8. The van der Waals surface area contributed by atoms with Gasteiger partial charge in [-0.15, -0.1) is 6.58 Å². The van der Waals surface area contributed by atoms with Crippen molar-refractivity contribution in [2.75, 3.05) is 33.5 Å². The zero-order chi connectivity index (χ0) is 66.5. The summed E-state index contributed by atoms with van der Waals surface area (Å²) in [6, 6.07) is 0. The molecule has 1 N–H and O–H groups in total. The van der Waals surface area contributed by atoms with Crippen LogP contribution in [0.2, 0.25) is 22.2 Å². The SMILES string of the molecule is C=CCO[C@@]1(C(=O)OC)C[C@@H](O)[C@@H](O[C@H]2O[C@H]([C@H](COC(C)=O)OC(C)=O)[C@@H](OC(C)=O)[C@H](O[C@H]3O[C@H]([C@H](COC(C)=O)OC(C)=O)[C@@H](OC(C)=O)[C@H](OC(C)=O)[C@@H]3OC(C)=O)[C@@H]2OC(C)=O)[C@@H]([C@@H]2CO[Si](C(C)C)(C(C)C)O[Si](C(C)C)(C(C)C)O2)O1. The van der Waals surface area contributed by atoms with Crippen molar-refractivity contribution in [3.8, 4) is 0 Å². The van der Waals surface area contributed by atoms with E-state index in [2.05, 4.69) is 6.58 Å². The molecule has 4 aliphatic rings. The van der Waals surface area contributed by atoms with Gasteiger partial charge >= 0.3 is 76.8 Å². The van der Waals surface area contributed by atoms with Crippen molar-refractivity contribution >= 4 is 76.8 Å². The minimum atomic E-state index is -3.62. The van der Waals surface area contributed by atoms with E-state index >= 15 is 0 Å². The predicted octanol–water partition coefficient (Wildman–Crippen LogP) is 3.03. The van der Waals surface area contributed by atoms with E-state index in [4.69, 9.17) is 88.8 Å². The first-order valence-corrected chi connectivity index (χ1v) is 32.7. The van der Waals surface area contributed by atoms with E-state index in [1.165, 1.54) is 6.08 Å². The smallest absolute Gasteiger partial charge is 0.366 e. The standard InChI is InChI=1S/C56H88O30Si2/c1-20-21-71-56(55(67)68-19)22-39(66)43(46(84-56)42-25-72-87(26(2)3,27(4)5)86-88(85-42,28(6)7)29(8)9)80-53-52(79-38(18)65)50(48(76-35(15)62)45(81-53)41(74-33(13)60)24-70-31(11)58)83-54-51(78-37(17)64)49(77-36(16)63)47(75-34(14)61)44(82-54)40(73-32(12)59)23-69-30(10)57/h20,26-29,39-54,66H,1,21-25H2,2-19H3/t39-,40+,41+,42+,43-,44-,45-,46-,47-,48-,49+,50+,51+,52+,53+,54-,56+/m1/s1. The Morgan fingerprint density at radius 2 is 0.943 bits per heavy atom. The fourth-order valence-corrected chi connectivity index (χ4v) is 22.3. The third-order valence-electron chi connectivity index (χ3n) is 14.6. The van der Waals surface area contributed by atoms with Crippen LogP contribution in [0.25, 0.3) is 0 Å². The molecule has 0 spiro atoms. The molecular weight excluding hydrogens is 1210 g/mol. The number of esters is 10. The molecule has 0 saturated carbocycles. The molecule has 30 nitrogen and oxygen atoms in total. The van der Waals surface area contributed by atoms with Gasteiger partial charge in [-0.1, -0.05) is 61.5 Å². The molecule has 0 aromatic carbocycles. The molecule has 0 radical (unpaired) electrons. The molecule has 0 aromatic rings. The molecule has 4 fully saturated rings. The lowest BCUT2D eigenvalue weighted by Crippen LogP contribution is -2.70. The minimum Gasteiger partial charge on any atom is -0.465 e. The van der Waals surface area contributed by atoms with Gasteiger partial charge in [-0.2, -0.15) is 0 Å². The summed E-state index contributed by atoms with van der Waals surface area (Å²) in [5.74, 6) is -12.9. The fourth-order valence-electron chi connectivity index (χ4n) is 11.2. The van der Waals surface area contributed by atoms with E-state index in [0.29, 0.717) is 0 Å². The molecular formula is C56H88O30Si2. The highest BCUT2D eigenvalue weighted by Gasteiger charge is 2.66. The minimum absolute atomic E-state index is 0.173. The summed E-state index contributed by atoms with van der Waals surface area (Å²) in [6.07, 6.45) is -30.6. The molecule has 4 heterocycles. The highest BCUT2D eigenvalue weighted by Crippen LogP contribution is 2.49. The van der Waals surface area contributed by atoms with Gasteiger partial charge in [0.15, 0.2) is 55.3 Å². The molecule has 88 heavy (non-hydrogen) atoms. The third-order valence-corrected chi connectivity index (χ3v) is 24.9. The van der Waals surface area contributed by atoms with Crippen molar-refractivity contribution in [1.29, 1.82) is 0 Å². The number of methoxy groups -OCH3 is 1. The van der Waals surface area contributed by atoms with Crippen LogP contribution in [-0.4, -0.2) is 219 Å². The van der Waals surface area contributed by atoms with Gasteiger partial charge in [0.2, 0.25) is 0 Å². The lowest BCUT2D eigenvalue weighted by Gasteiger charge is -2.52. The summed E-state index contributed by atoms with van der Waals surface area (Å²) in [7, 11) is -5.90. The van der Waals surface area contributed by atoms with Gasteiger partial charge < -0.3 is 93.9 Å². The van der Waals surface area contributed by atoms with E-state index in [-0.39, 0.29) is 35.4 Å². The van der Waals surface area contributed by atoms with E-state index in [1.807, 2.05) is 55.4 Å². The van der Waals surface area contributed by atoms with Crippen molar-refractivity contribution in [2.24, 2.45) is 0 Å². The van der Waals surface area contributed by atoms with Crippen LogP contribution in [0.5, 0.6) is 0 Å². The van der Waals surface area contributed by atoms with Gasteiger partial charge in [-0.25, -0.2) is 4.79 Å². The second-order valence-corrected chi connectivity index (χ2v) is 31.6. The van der Waals surface area contributed by atoms with E-state index < -0.39 is 200 Å².